The Morgan fingerprint density at radius 1 is 1.31 bits per heavy atom. The van der Waals surface area contributed by atoms with Crippen LogP contribution in [-0.2, 0) is 11.2 Å². The summed E-state index contributed by atoms with van der Waals surface area (Å²) < 4.78 is 19.6. The van der Waals surface area contributed by atoms with Gasteiger partial charge in [-0.25, -0.2) is 4.39 Å². The van der Waals surface area contributed by atoms with Crippen LogP contribution in [0.25, 0.3) is 0 Å². The molecular weight excluding hydrogens is 331 g/mol. The molecule has 1 aliphatic heterocycles. The van der Waals surface area contributed by atoms with Crippen LogP contribution in [0.15, 0.2) is 40.7 Å². The Morgan fingerprint density at radius 3 is 2.73 bits per heavy atom. The molecule has 26 heavy (non-hydrogen) atoms. The molecule has 5 heteroatoms. The number of ether oxygens (including phenoxy) is 1. The summed E-state index contributed by atoms with van der Waals surface area (Å²) in [5, 5.41) is 5.67. The van der Waals surface area contributed by atoms with Crippen molar-refractivity contribution in [1.29, 1.82) is 0 Å². The highest BCUT2D eigenvalue weighted by Crippen LogP contribution is 2.34. The number of halogens is 1. The number of aromatic amines is 2. The first kappa shape index (κ1) is 18.6. The molecule has 4 nitrogen and oxygen atoms in total. The van der Waals surface area contributed by atoms with E-state index in [2.05, 4.69) is 37.0 Å². The van der Waals surface area contributed by atoms with Gasteiger partial charge in [-0.2, -0.15) is 0 Å². The van der Waals surface area contributed by atoms with Crippen molar-refractivity contribution < 1.29 is 9.13 Å². The number of allylic oxidation sites excluding steroid dienone is 2. The molecule has 0 radical (unpaired) electrons. The SMILES string of the molecule is CC(C)=CCC[C@H](C)C[C@@H]1Cc2[nH][nH]c(=O)c2[C@@H](c2ccc(F)cc2)O1. The van der Waals surface area contributed by atoms with Crippen LogP contribution in [0.1, 0.15) is 63.0 Å². The van der Waals surface area contributed by atoms with Crippen LogP contribution in [0.2, 0.25) is 0 Å². The maximum atomic E-state index is 13.3. The number of aromatic nitrogens is 2. The third-order valence-electron chi connectivity index (χ3n) is 4.97. The van der Waals surface area contributed by atoms with Gasteiger partial charge >= 0.3 is 0 Å². The molecule has 140 valence electrons. The number of H-pyrrole nitrogens is 2. The minimum Gasteiger partial charge on any atom is -0.365 e. The number of benzene rings is 1. The third kappa shape index (κ3) is 4.33. The van der Waals surface area contributed by atoms with Crippen molar-refractivity contribution in [2.45, 2.75) is 58.7 Å². The highest BCUT2D eigenvalue weighted by Gasteiger charge is 2.33. The third-order valence-corrected chi connectivity index (χ3v) is 4.97. The normalized spacial score (nSPS) is 20.5. The van der Waals surface area contributed by atoms with Crippen LogP contribution in [0.3, 0.4) is 0 Å². The Morgan fingerprint density at radius 2 is 2.04 bits per heavy atom. The van der Waals surface area contributed by atoms with Gasteiger partial charge in [-0.3, -0.25) is 9.89 Å². The van der Waals surface area contributed by atoms with Gasteiger partial charge in [0, 0.05) is 12.1 Å². The second-order valence-corrected chi connectivity index (χ2v) is 7.56. The van der Waals surface area contributed by atoms with Crippen LogP contribution in [0.4, 0.5) is 4.39 Å². The van der Waals surface area contributed by atoms with E-state index in [-0.39, 0.29) is 17.5 Å². The molecule has 1 aromatic carbocycles. The molecule has 1 aromatic heterocycles. The van der Waals surface area contributed by atoms with Crippen LogP contribution >= 0.6 is 0 Å². The Balaban J connectivity index is 1.76. The lowest BCUT2D eigenvalue weighted by Crippen LogP contribution is -2.30. The topological polar surface area (TPSA) is 57.9 Å². The summed E-state index contributed by atoms with van der Waals surface area (Å²) >= 11 is 0. The van der Waals surface area contributed by atoms with Crippen molar-refractivity contribution in [3.63, 3.8) is 0 Å². The molecule has 0 saturated carbocycles. The standard InChI is InChI=1S/C21H27FN2O2/c1-13(2)5-4-6-14(3)11-17-12-18-19(21(25)24-23-18)20(26-17)15-7-9-16(22)10-8-15/h5,7-10,14,17,20H,4,6,11-12H2,1-3H3,(H2,23,24,25)/t14-,17+,20+/m0/s1. The van der Waals surface area contributed by atoms with E-state index in [0.29, 0.717) is 17.9 Å². The first-order chi connectivity index (χ1) is 12.4. The summed E-state index contributed by atoms with van der Waals surface area (Å²) in [5.41, 5.74) is 3.50. The molecule has 0 unspecified atom stereocenters. The fourth-order valence-electron chi connectivity index (χ4n) is 3.62. The quantitative estimate of drug-likeness (QED) is 0.739. The highest BCUT2D eigenvalue weighted by molar-refractivity contribution is 5.33. The van der Waals surface area contributed by atoms with Crippen LogP contribution in [-0.4, -0.2) is 16.3 Å². The fourth-order valence-corrected chi connectivity index (χ4v) is 3.62. The van der Waals surface area contributed by atoms with E-state index < -0.39 is 6.10 Å². The summed E-state index contributed by atoms with van der Waals surface area (Å²) in [7, 11) is 0. The fraction of sp³-hybridized carbons (Fsp3) is 0.476. The van der Waals surface area contributed by atoms with E-state index in [1.54, 1.807) is 12.1 Å². The first-order valence-electron chi connectivity index (χ1n) is 9.27. The number of hydrogen-bond acceptors (Lipinski definition) is 2. The molecule has 3 rings (SSSR count). The van der Waals surface area contributed by atoms with Crippen molar-refractivity contribution in [3.8, 4) is 0 Å². The van der Waals surface area contributed by atoms with Gasteiger partial charge in [-0.15, -0.1) is 0 Å². The van der Waals surface area contributed by atoms with E-state index in [1.165, 1.54) is 17.7 Å². The van der Waals surface area contributed by atoms with Crippen molar-refractivity contribution >= 4 is 0 Å². The second kappa shape index (κ2) is 8.04. The zero-order valence-electron chi connectivity index (χ0n) is 15.6. The Kier molecular flexibility index (Phi) is 5.77. The van der Waals surface area contributed by atoms with Gasteiger partial charge in [0.1, 0.15) is 11.9 Å². The lowest BCUT2D eigenvalue weighted by Gasteiger charge is -2.31. The molecular formula is C21H27FN2O2. The molecule has 0 aliphatic carbocycles. The zero-order chi connectivity index (χ0) is 18.7. The predicted molar refractivity (Wildman–Crippen MR) is 101 cm³/mol. The van der Waals surface area contributed by atoms with Gasteiger partial charge in [0.2, 0.25) is 0 Å². The maximum absolute atomic E-state index is 13.3. The van der Waals surface area contributed by atoms with Crippen molar-refractivity contribution in [3.05, 3.63) is 68.9 Å². The monoisotopic (exact) mass is 358 g/mol. The lowest BCUT2D eigenvalue weighted by atomic mass is 9.90. The van der Waals surface area contributed by atoms with E-state index in [9.17, 15) is 9.18 Å². The minimum atomic E-state index is -0.454. The summed E-state index contributed by atoms with van der Waals surface area (Å²) in [6, 6.07) is 6.20. The molecule has 0 fully saturated rings. The summed E-state index contributed by atoms with van der Waals surface area (Å²) in [4.78, 5) is 12.2. The van der Waals surface area contributed by atoms with Crippen LogP contribution in [0, 0.1) is 11.7 Å². The van der Waals surface area contributed by atoms with Crippen LogP contribution in [0.5, 0.6) is 0 Å². The van der Waals surface area contributed by atoms with E-state index in [0.717, 1.165) is 30.5 Å². The van der Waals surface area contributed by atoms with Crippen molar-refractivity contribution in [1.82, 2.24) is 10.2 Å². The lowest BCUT2D eigenvalue weighted by molar-refractivity contribution is -0.0171. The van der Waals surface area contributed by atoms with Gasteiger partial charge in [-0.05, 0) is 56.7 Å². The van der Waals surface area contributed by atoms with Crippen molar-refractivity contribution in [2.24, 2.45) is 5.92 Å². The predicted octanol–water partition coefficient (Wildman–Crippen LogP) is 4.65. The van der Waals surface area contributed by atoms with E-state index >= 15 is 0 Å². The largest absolute Gasteiger partial charge is 0.365 e. The molecule has 0 spiro atoms. The molecule has 0 bridgehead atoms. The molecule has 2 N–H and O–H groups in total. The van der Waals surface area contributed by atoms with Gasteiger partial charge in [0.15, 0.2) is 0 Å². The average Bonchev–Trinajstić information content (AvgIpc) is 2.96. The summed E-state index contributed by atoms with van der Waals surface area (Å²) in [6.07, 6.45) is 5.66. The van der Waals surface area contributed by atoms with Crippen molar-refractivity contribution in [2.75, 3.05) is 0 Å². The molecule has 2 aromatic rings. The summed E-state index contributed by atoms with van der Waals surface area (Å²) in [5.74, 6) is 0.230. The molecule has 0 saturated heterocycles. The van der Waals surface area contributed by atoms with E-state index in [1.807, 2.05) is 0 Å². The second-order valence-electron chi connectivity index (χ2n) is 7.56. The number of rotatable bonds is 6. The van der Waals surface area contributed by atoms with Gasteiger partial charge in [0.05, 0.1) is 11.7 Å². The Labute approximate surface area is 153 Å². The van der Waals surface area contributed by atoms with Crippen LogP contribution < -0.4 is 5.56 Å². The summed E-state index contributed by atoms with van der Waals surface area (Å²) in [6.45, 7) is 6.47. The average molecular weight is 358 g/mol. The molecule has 1 aliphatic rings. The minimum absolute atomic E-state index is 0.0331. The molecule has 0 amide bonds. The van der Waals surface area contributed by atoms with Gasteiger partial charge < -0.3 is 9.84 Å². The molecule has 3 atom stereocenters. The molecule has 2 heterocycles. The van der Waals surface area contributed by atoms with E-state index in [4.69, 9.17) is 4.74 Å². The Hall–Kier alpha value is -2.14. The smallest absolute Gasteiger partial charge is 0.270 e. The maximum Gasteiger partial charge on any atom is 0.270 e. The Bertz CT molecular complexity index is 815. The number of fused-ring (bicyclic) bond motifs is 1. The number of hydrogen-bond donors (Lipinski definition) is 2. The first-order valence-corrected chi connectivity index (χ1v) is 9.27. The highest BCUT2D eigenvalue weighted by atomic mass is 19.1. The van der Waals surface area contributed by atoms with Gasteiger partial charge in [0.25, 0.3) is 5.56 Å². The number of nitrogens with one attached hydrogen (secondary N) is 2. The zero-order valence-corrected chi connectivity index (χ0v) is 15.6. The van der Waals surface area contributed by atoms with Gasteiger partial charge in [-0.1, -0.05) is 30.7 Å².